The SMILES string of the molecule is Cl.Cl.Fc1ccccc1N1CCN(Cc2c[nH]c(-c3ccccc3)n2)CC1. The van der Waals surface area contributed by atoms with Crippen molar-refractivity contribution in [3.05, 3.63) is 72.3 Å². The smallest absolute Gasteiger partial charge is 0.146 e. The van der Waals surface area contributed by atoms with Gasteiger partial charge in [-0.3, -0.25) is 4.90 Å². The molecule has 0 atom stereocenters. The van der Waals surface area contributed by atoms with Gasteiger partial charge in [0.1, 0.15) is 11.6 Å². The van der Waals surface area contributed by atoms with Gasteiger partial charge < -0.3 is 9.88 Å². The molecule has 0 bridgehead atoms. The fourth-order valence-electron chi connectivity index (χ4n) is 3.27. The van der Waals surface area contributed by atoms with Gasteiger partial charge in [0.25, 0.3) is 0 Å². The lowest BCUT2D eigenvalue weighted by Crippen LogP contribution is -2.46. The summed E-state index contributed by atoms with van der Waals surface area (Å²) in [5.41, 5.74) is 2.84. The predicted molar refractivity (Wildman–Crippen MR) is 112 cm³/mol. The zero-order chi connectivity index (χ0) is 17.1. The van der Waals surface area contributed by atoms with E-state index in [1.54, 1.807) is 6.07 Å². The Morgan fingerprint density at radius 1 is 0.889 bits per heavy atom. The Labute approximate surface area is 171 Å². The fraction of sp³-hybridized carbons (Fsp3) is 0.250. The fourth-order valence-corrected chi connectivity index (χ4v) is 3.27. The second-order valence-electron chi connectivity index (χ2n) is 6.32. The van der Waals surface area contributed by atoms with Crippen LogP contribution in [0.3, 0.4) is 0 Å². The molecule has 1 saturated heterocycles. The number of para-hydroxylation sites is 1. The van der Waals surface area contributed by atoms with E-state index in [0.717, 1.165) is 49.8 Å². The van der Waals surface area contributed by atoms with Gasteiger partial charge in [-0.2, -0.15) is 0 Å². The number of aromatic nitrogens is 2. The highest BCUT2D eigenvalue weighted by atomic mass is 35.5. The first-order valence-electron chi connectivity index (χ1n) is 8.61. The van der Waals surface area contributed by atoms with Gasteiger partial charge in [-0.1, -0.05) is 42.5 Å². The number of anilines is 1. The van der Waals surface area contributed by atoms with E-state index >= 15 is 0 Å². The Morgan fingerprint density at radius 3 is 2.26 bits per heavy atom. The summed E-state index contributed by atoms with van der Waals surface area (Å²) < 4.78 is 13.9. The maximum Gasteiger partial charge on any atom is 0.146 e. The maximum atomic E-state index is 13.9. The van der Waals surface area contributed by atoms with E-state index < -0.39 is 0 Å². The quantitative estimate of drug-likeness (QED) is 0.695. The molecule has 27 heavy (non-hydrogen) atoms. The minimum absolute atomic E-state index is 0. The van der Waals surface area contributed by atoms with Gasteiger partial charge in [0.05, 0.1) is 11.4 Å². The Hall–Kier alpha value is -2.08. The average Bonchev–Trinajstić information content (AvgIpc) is 3.12. The Morgan fingerprint density at radius 2 is 1.56 bits per heavy atom. The number of benzene rings is 2. The predicted octanol–water partition coefficient (Wildman–Crippen LogP) is 4.38. The zero-order valence-electron chi connectivity index (χ0n) is 14.8. The molecule has 1 fully saturated rings. The Balaban J connectivity index is 0.00000131. The number of nitrogens with one attached hydrogen (secondary N) is 1. The van der Waals surface area contributed by atoms with Gasteiger partial charge in [0, 0.05) is 44.5 Å². The molecule has 0 saturated carbocycles. The molecule has 0 unspecified atom stereocenters. The van der Waals surface area contributed by atoms with Gasteiger partial charge in [-0.05, 0) is 12.1 Å². The molecule has 2 aromatic carbocycles. The van der Waals surface area contributed by atoms with Crippen LogP contribution in [0.25, 0.3) is 11.4 Å². The summed E-state index contributed by atoms with van der Waals surface area (Å²) in [5.74, 6) is 0.761. The third kappa shape index (κ3) is 5.01. The molecule has 0 spiro atoms. The zero-order valence-corrected chi connectivity index (χ0v) is 16.5. The van der Waals surface area contributed by atoms with E-state index in [-0.39, 0.29) is 30.6 Å². The maximum absolute atomic E-state index is 13.9. The molecule has 1 aliphatic heterocycles. The topological polar surface area (TPSA) is 35.2 Å². The highest BCUT2D eigenvalue weighted by molar-refractivity contribution is 5.85. The van der Waals surface area contributed by atoms with Gasteiger partial charge in [0.15, 0.2) is 0 Å². The second-order valence-corrected chi connectivity index (χ2v) is 6.32. The van der Waals surface area contributed by atoms with Crippen LogP contribution in [0.4, 0.5) is 10.1 Å². The summed E-state index contributed by atoms with van der Waals surface area (Å²) in [5, 5.41) is 0. The summed E-state index contributed by atoms with van der Waals surface area (Å²) in [7, 11) is 0. The second kappa shape index (κ2) is 9.74. The minimum atomic E-state index is -0.143. The van der Waals surface area contributed by atoms with Crippen LogP contribution in [-0.4, -0.2) is 41.0 Å². The molecule has 0 amide bonds. The first-order valence-corrected chi connectivity index (χ1v) is 8.61. The van der Waals surface area contributed by atoms with Crippen molar-refractivity contribution < 1.29 is 4.39 Å². The molecule has 1 N–H and O–H groups in total. The molecule has 0 radical (unpaired) electrons. The molecule has 3 aromatic rings. The molecule has 4 nitrogen and oxygen atoms in total. The van der Waals surface area contributed by atoms with Crippen molar-refractivity contribution in [1.82, 2.24) is 14.9 Å². The van der Waals surface area contributed by atoms with Crippen molar-refractivity contribution in [3.63, 3.8) is 0 Å². The van der Waals surface area contributed by atoms with Crippen LogP contribution >= 0.6 is 24.8 Å². The van der Waals surface area contributed by atoms with E-state index in [1.165, 1.54) is 6.07 Å². The summed E-state index contributed by atoms with van der Waals surface area (Å²) in [6, 6.07) is 17.1. The molecular formula is C20H23Cl2FN4. The van der Waals surface area contributed by atoms with Gasteiger partial charge in [0.2, 0.25) is 0 Å². The standard InChI is InChI=1S/C20H21FN4.2ClH/c21-18-8-4-5-9-19(18)25-12-10-24(11-13-25)15-17-14-22-20(23-17)16-6-2-1-3-7-16;;/h1-9,14H,10-13,15H2,(H,22,23);2*1H. The van der Waals surface area contributed by atoms with E-state index in [2.05, 4.69) is 26.9 Å². The lowest BCUT2D eigenvalue weighted by Gasteiger charge is -2.35. The largest absolute Gasteiger partial charge is 0.367 e. The lowest BCUT2D eigenvalue weighted by molar-refractivity contribution is 0.247. The number of hydrogen-bond acceptors (Lipinski definition) is 3. The van der Waals surface area contributed by atoms with Crippen LogP contribution in [0.2, 0.25) is 0 Å². The molecule has 2 heterocycles. The molecule has 0 aliphatic carbocycles. The normalized spacial score (nSPS) is 14.3. The minimum Gasteiger partial charge on any atom is -0.367 e. The highest BCUT2D eigenvalue weighted by Gasteiger charge is 2.20. The number of halogens is 3. The van der Waals surface area contributed by atoms with Crippen molar-refractivity contribution in [2.24, 2.45) is 0 Å². The Kier molecular flexibility index (Phi) is 7.66. The van der Waals surface area contributed by atoms with Crippen molar-refractivity contribution in [2.45, 2.75) is 6.54 Å². The van der Waals surface area contributed by atoms with Crippen molar-refractivity contribution >= 4 is 30.5 Å². The average molecular weight is 409 g/mol. The van der Waals surface area contributed by atoms with Gasteiger partial charge in [-0.25, -0.2) is 9.37 Å². The highest BCUT2D eigenvalue weighted by Crippen LogP contribution is 2.21. The van der Waals surface area contributed by atoms with E-state index in [9.17, 15) is 4.39 Å². The third-order valence-electron chi connectivity index (χ3n) is 4.63. The van der Waals surface area contributed by atoms with Crippen molar-refractivity contribution in [2.75, 3.05) is 31.1 Å². The number of imidazole rings is 1. The summed E-state index contributed by atoms with van der Waals surface area (Å²) in [6.07, 6.45) is 1.98. The van der Waals surface area contributed by atoms with E-state index in [0.29, 0.717) is 5.69 Å². The molecule has 7 heteroatoms. The van der Waals surface area contributed by atoms with Crippen LogP contribution in [0.15, 0.2) is 60.8 Å². The first-order chi connectivity index (χ1) is 12.3. The lowest BCUT2D eigenvalue weighted by atomic mass is 10.2. The number of hydrogen-bond donors (Lipinski definition) is 1. The molecule has 1 aliphatic rings. The number of rotatable bonds is 4. The Bertz CT molecular complexity index is 833. The van der Waals surface area contributed by atoms with Crippen LogP contribution in [-0.2, 0) is 6.54 Å². The first kappa shape index (κ1) is 21.2. The molecule has 4 rings (SSSR count). The van der Waals surface area contributed by atoms with Gasteiger partial charge in [-0.15, -0.1) is 24.8 Å². The summed E-state index contributed by atoms with van der Waals surface area (Å²) in [4.78, 5) is 12.4. The van der Waals surface area contributed by atoms with Crippen LogP contribution in [0, 0.1) is 5.82 Å². The third-order valence-corrected chi connectivity index (χ3v) is 4.63. The molecular weight excluding hydrogens is 386 g/mol. The molecule has 1 aromatic heterocycles. The van der Waals surface area contributed by atoms with E-state index in [1.807, 2.05) is 36.5 Å². The van der Waals surface area contributed by atoms with Gasteiger partial charge >= 0.3 is 0 Å². The number of piperazine rings is 1. The van der Waals surface area contributed by atoms with Crippen molar-refractivity contribution in [1.29, 1.82) is 0 Å². The van der Waals surface area contributed by atoms with Crippen LogP contribution in [0.5, 0.6) is 0 Å². The van der Waals surface area contributed by atoms with E-state index in [4.69, 9.17) is 4.98 Å². The monoisotopic (exact) mass is 408 g/mol. The number of H-pyrrole nitrogens is 1. The summed E-state index contributed by atoms with van der Waals surface area (Å²) >= 11 is 0. The van der Waals surface area contributed by atoms with Crippen LogP contribution in [0.1, 0.15) is 5.69 Å². The van der Waals surface area contributed by atoms with Crippen LogP contribution < -0.4 is 4.90 Å². The van der Waals surface area contributed by atoms with Crippen molar-refractivity contribution in [3.8, 4) is 11.4 Å². The number of aromatic amines is 1. The molecule has 144 valence electrons. The summed E-state index contributed by atoms with van der Waals surface area (Å²) in [6.45, 7) is 4.28. The number of nitrogens with zero attached hydrogens (tertiary/aromatic N) is 3.